The molecular formula is C18H16N2O2. The van der Waals surface area contributed by atoms with Gasteiger partial charge < -0.3 is 0 Å². The van der Waals surface area contributed by atoms with Gasteiger partial charge in [-0.05, 0) is 18.6 Å². The first kappa shape index (κ1) is 14.2. The summed E-state index contributed by atoms with van der Waals surface area (Å²) in [7, 11) is 0. The predicted octanol–water partition coefficient (Wildman–Crippen LogP) is 3.72. The topological polar surface area (TPSA) is 62.8 Å². The number of aryl methyl sites for hydroxylation is 1. The Labute approximate surface area is 128 Å². The van der Waals surface area contributed by atoms with Gasteiger partial charge in [0, 0.05) is 23.8 Å². The van der Waals surface area contributed by atoms with Gasteiger partial charge in [-0.15, -0.1) is 0 Å². The fraction of sp³-hybridized carbons (Fsp3) is 0.167. The third-order valence-corrected chi connectivity index (χ3v) is 3.76. The number of carbonyl (C=O) groups excluding carboxylic acids is 2. The number of Topliss-reactive ketones (excluding diaryl/α,β-unsaturated/α-hetero) is 2. The minimum atomic E-state index is -0.112. The molecule has 0 bridgehead atoms. The van der Waals surface area contributed by atoms with Crippen LogP contribution in [-0.4, -0.2) is 21.8 Å². The number of nitrogens with one attached hydrogen (secondary N) is 1. The van der Waals surface area contributed by atoms with Gasteiger partial charge in [0.05, 0.1) is 5.52 Å². The molecule has 0 radical (unpaired) electrons. The number of hydrogen-bond acceptors (Lipinski definition) is 3. The molecule has 3 aromatic rings. The first-order valence-corrected chi connectivity index (χ1v) is 7.22. The summed E-state index contributed by atoms with van der Waals surface area (Å²) >= 11 is 0. The van der Waals surface area contributed by atoms with E-state index in [1.807, 2.05) is 49.4 Å². The Bertz CT molecular complexity index is 849. The van der Waals surface area contributed by atoms with Gasteiger partial charge in [-0.25, -0.2) is 0 Å². The molecule has 4 heteroatoms. The van der Waals surface area contributed by atoms with Crippen molar-refractivity contribution in [2.45, 2.75) is 19.8 Å². The van der Waals surface area contributed by atoms with Gasteiger partial charge in [0.2, 0.25) is 0 Å². The van der Waals surface area contributed by atoms with Gasteiger partial charge in [0.25, 0.3) is 0 Å². The first-order valence-electron chi connectivity index (χ1n) is 7.22. The Morgan fingerprint density at radius 1 is 0.955 bits per heavy atom. The quantitative estimate of drug-likeness (QED) is 0.729. The lowest BCUT2D eigenvalue weighted by atomic mass is 9.99. The van der Waals surface area contributed by atoms with Crippen molar-refractivity contribution in [2.24, 2.45) is 0 Å². The molecular weight excluding hydrogens is 276 g/mol. The van der Waals surface area contributed by atoms with Crippen molar-refractivity contribution in [3.05, 3.63) is 65.4 Å². The van der Waals surface area contributed by atoms with E-state index in [1.54, 1.807) is 6.07 Å². The second-order valence-corrected chi connectivity index (χ2v) is 5.28. The highest BCUT2D eigenvalue weighted by molar-refractivity contribution is 6.08. The molecule has 0 spiro atoms. The van der Waals surface area contributed by atoms with E-state index >= 15 is 0 Å². The van der Waals surface area contributed by atoms with Crippen LogP contribution in [0.4, 0.5) is 0 Å². The van der Waals surface area contributed by atoms with Gasteiger partial charge in [-0.2, -0.15) is 5.10 Å². The summed E-state index contributed by atoms with van der Waals surface area (Å²) in [6, 6.07) is 14.9. The van der Waals surface area contributed by atoms with Gasteiger partial charge in [0.15, 0.2) is 11.6 Å². The fourth-order valence-corrected chi connectivity index (χ4v) is 2.54. The van der Waals surface area contributed by atoms with Crippen molar-refractivity contribution in [3.63, 3.8) is 0 Å². The van der Waals surface area contributed by atoms with E-state index in [4.69, 9.17) is 0 Å². The Hall–Kier alpha value is -2.75. The number of rotatable bonds is 5. The Morgan fingerprint density at radius 3 is 2.45 bits per heavy atom. The van der Waals surface area contributed by atoms with E-state index in [-0.39, 0.29) is 24.4 Å². The molecule has 2 aromatic carbocycles. The van der Waals surface area contributed by atoms with Gasteiger partial charge in [0.1, 0.15) is 5.69 Å². The molecule has 0 saturated heterocycles. The number of fused-ring (bicyclic) bond motifs is 1. The average Bonchev–Trinajstić information content (AvgIpc) is 2.97. The molecule has 1 aromatic heterocycles. The SMILES string of the molecule is Cc1ccccc1C(=O)CCC(=O)c1n[nH]c2ccccc12. The number of H-pyrrole nitrogens is 1. The third kappa shape index (κ3) is 2.68. The number of aromatic nitrogens is 2. The summed E-state index contributed by atoms with van der Waals surface area (Å²) in [6.45, 7) is 1.90. The number of benzene rings is 2. The zero-order valence-electron chi connectivity index (χ0n) is 12.3. The van der Waals surface area contributed by atoms with Crippen molar-refractivity contribution < 1.29 is 9.59 Å². The highest BCUT2D eigenvalue weighted by Gasteiger charge is 2.16. The van der Waals surface area contributed by atoms with E-state index in [0.717, 1.165) is 16.5 Å². The van der Waals surface area contributed by atoms with Crippen LogP contribution in [0.5, 0.6) is 0 Å². The average molecular weight is 292 g/mol. The summed E-state index contributed by atoms with van der Waals surface area (Å²) < 4.78 is 0. The number of para-hydroxylation sites is 1. The van der Waals surface area contributed by atoms with Crippen LogP contribution < -0.4 is 0 Å². The monoisotopic (exact) mass is 292 g/mol. The molecule has 0 aliphatic rings. The second kappa shape index (κ2) is 5.93. The molecule has 110 valence electrons. The molecule has 0 saturated carbocycles. The van der Waals surface area contributed by atoms with Gasteiger partial charge in [-0.3, -0.25) is 14.7 Å². The Kier molecular flexibility index (Phi) is 3.83. The Balaban J connectivity index is 1.73. The molecule has 3 rings (SSSR count). The molecule has 0 fully saturated rings. The normalized spacial score (nSPS) is 10.8. The minimum absolute atomic E-state index is 0.00806. The van der Waals surface area contributed by atoms with Crippen LogP contribution in [0.25, 0.3) is 10.9 Å². The first-order chi connectivity index (χ1) is 10.7. The number of nitrogens with zero attached hydrogens (tertiary/aromatic N) is 1. The van der Waals surface area contributed by atoms with Crippen LogP contribution in [0.3, 0.4) is 0 Å². The lowest BCUT2D eigenvalue weighted by Gasteiger charge is -2.03. The maximum absolute atomic E-state index is 12.3. The van der Waals surface area contributed by atoms with Crippen molar-refractivity contribution >= 4 is 22.5 Å². The van der Waals surface area contributed by atoms with Crippen LogP contribution in [0.1, 0.15) is 39.3 Å². The highest BCUT2D eigenvalue weighted by Crippen LogP contribution is 2.18. The maximum atomic E-state index is 12.3. The van der Waals surface area contributed by atoms with Crippen LogP contribution in [0.2, 0.25) is 0 Å². The maximum Gasteiger partial charge on any atom is 0.184 e. The molecule has 0 atom stereocenters. The largest absolute Gasteiger partial charge is 0.294 e. The number of aromatic amines is 1. The van der Waals surface area contributed by atoms with Crippen LogP contribution in [0, 0.1) is 6.92 Å². The van der Waals surface area contributed by atoms with E-state index in [9.17, 15) is 9.59 Å². The molecule has 0 aliphatic heterocycles. The fourth-order valence-electron chi connectivity index (χ4n) is 2.54. The van der Waals surface area contributed by atoms with Gasteiger partial charge in [-0.1, -0.05) is 42.5 Å². The summed E-state index contributed by atoms with van der Waals surface area (Å²) in [6.07, 6.45) is 0.368. The zero-order valence-corrected chi connectivity index (χ0v) is 12.3. The van der Waals surface area contributed by atoms with Crippen LogP contribution in [-0.2, 0) is 0 Å². The summed E-state index contributed by atoms with van der Waals surface area (Å²) in [5, 5.41) is 7.72. The summed E-state index contributed by atoms with van der Waals surface area (Å²) in [4.78, 5) is 24.5. The Morgan fingerprint density at radius 2 is 1.64 bits per heavy atom. The molecule has 1 N–H and O–H groups in total. The summed E-state index contributed by atoms with van der Waals surface area (Å²) in [5.41, 5.74) is 2.86. The van der Waals surface area contributed by atoms with Crippen molar-refractivity contribution in [1.29, 1.82) is 0 Å². The van der Waals surface area contributed by atoms with E-state index in [1.165, 1.54) is 0 Å². The van der Waals surface area contributed by atoms with Crippen LogP contribution in [0.15, 0.2) is 48.5 Å². The lowest BCUT2D eigenvalue weighted by molar-refractivity contribution is 0.0915. The number of hydrogen-bond donors (Lipinski definition) is 1. The molecule has 1 heterocycles. The smallest absolute Gasteiger partial charge is 0.184 e. The lowest BCUT2D eigenvalue weighted by Crippen LogP contribution is -2.07. The van der Waals surface area contributed by atoms with Crippen LogP contribution >= 0.6 is 0 Å². The highest BCUT2D eigenvalue weighted by atomic mass is 16.1. The van der Waals surface area contributed by atoms with E-state index < -0.39 is 0 Å². The number of carbonyl (C=O) groups is 2. The molecule has 0 aliphatic carbocycles. The molecule has 0 unspecified atom stereocenters. The van der Waals surface area contributed by atoms with E-state index in [2.05, 4.69) is 10.2 Å². The second-order valence-electron chi connectivity index (χ2n) is 5.28. The third-order valence-electron chi connectivity index (χ3n) is 3.76. The van der Waals surface area contributed by atoms with Crippen molar-refractivity contribution in [2.75, 3.05) is 0 Å². The van der Waals surface area contributed by atoms with Crippen molar-refractivity contribution in [3.8, 4) is 0 Å². The number of ketones is 2. The standard InChI is InChI=1S/C18H16N2O2/c1-12-6-2-3-7-13(12)16(21)10-11-17(22)18-14-8-4-5-9-15(14)19-20-18/h2-9H,10-11H2,1H3,(H,19,20). The van der Waals surface area contributed by atoms with E-state index in [0.29, 0.717) is 11.3 Å². The minimum Gasteiger partial charge on any atom is -0.294 e. The van der Waals surface area contributed by atoms with Gasteiger partial charge >= 0.3 is 0 Å². The molecule has 4 nitrogen and oxygen atoms in total. The summed E-state index contributed by atoms with van der Waals surface area (Å²) in [5.74, 6) is -0.120. The molecule has 0 amide bonds. The predicted molar refractivity (Wildman–Crippen MR) is 85.2 cm³/mol. The zero-order chi connectivity index (χ0) is 15.5. The molecule has 22 heavy (non-hydrogen) atoms. The van der Waals surface area contributed by atoms with Crippen molar-refractivity contribution in [1.82, 2.24) is 10.2 Å².